The number of nitrogens with zero attached hydrogens (tertiary/aromatic N) is 2. The van der Waals surface area contributed by atoms with Crippen molar-refractivity contribution in [2.75, 3.05) is 12.3 Å². The van der Waals surface area contributed by atoms with Crippen LogP contribution in [0.3, 0.4) is 0 Å². The van der Waals surface area contributed by atoms with Crippen LogP contribution in [0.1, 0.15) is 28.0 Å². The number of hydrogen-bond donors (Lipinski definition) is 1. The topological polar surface area (TPSA) is 54.4 Å². The molecule has 4 nitrogen and oxygen atoms in total. The summed E-state index contributed by atoms with van der Waals surface area (Å²) in [6.07, 6.45) is 2.87. The van der Waals surface area contributed by atoms with E-state index in [0.717, 1.165) is 59.3 Å². The number of aromatic nitrogens is 1. The molecule has 0 radical (unpaired) electrons. The summed E-state index contributed by atoms with van der Waals surface area (Å²) in [5.74, 6) is 0.831. The standard InChI is InChI=1S/C16H14ClN3OS/c17-9-4-5-13-11(8-9)14(10-2-1-3-12(10)19-13)15(21)20-16-18-6-7-22-16/h4-5,8H,1-3,6-7H2,(H,18,20,21). The minimum atomic E-state index is -0.0963. The Kier molecular flexibility index (Phi) is 3.54. The lowest BCUT2D eigenvalue weighted by atomic mass is 10.0. The maximum Gasteiger partial charge on any atom is 0.258 e. The molecule has 2 aromatic rings. The number of carbonyl (C=O) groups excluding carboxylic acids is 1. The number of halogens is 1. The summed E-state index contributed by atoms with van der Waals surface area (Å²) in [4.78, 5) is 21.8. The molecule has 2 aliphatic rings. The van der Waals surface area contributed by atoms with Crippen molar-refractivity contribution in [1.29, 1.82) is 0 Å². The van der Waals surface area contributed by atoms with Gasteiger partial charge in [-0.2, -0.15) is 0 Å². The summed E-state index contributed by atoms with van der Waals surface area (Å²) in [5, 5.41) is 5.10. The summed E-state index contributed by atoms with van der Waals surface area (Å²) in [6.45, 7) is 0.765. The van der Waals surface area contributed by atoms with E-state index in [1.54, 1.807) is 11.8 Å². The highest BCUT2D eigenvalue weighted by Crippen LogP contribution is 2.31. The molecule has 0 spiro atoms. The minimum Gasteiger partial charge on any atom is -0.301 e. The van der Waals surface area contributed by atoms with Crippen LogP contribution in [-0.4, -0.2) is 28.4 Å². The average molecular weight is 332 g/mol. The molecule has 2 heterocycles. The van der Waals surface area contributed by atoms with E-state index < -0.39 is 0 Å². The maximum atomic E-state index is 12.8. The van der Waals surface area contributed by atoms with E-state index in [-0.39, 0.29) is 5.91 Å². The summed E-state index contributed by atoms with van der Waals surface area (Å²) in [7, 11) is 0. The number of benzene rings is 1. The molecule has 4 rings (SSSR count). The van der Waals surface area contributed by atoms with Gasteiger partial charge in [-0.15, -0.1) is 0 Å². The van der Waals surface area contributed by atoms with Gasteiger partial charge in [-0.3, -0.25) is 14.8 Å². The van der Waals surface area contributed by atoms with Gasteiger partial charge in [0, 0.05) is 21.9 Å². The summed E-state index contributed by atoms with van der Waals surface area (Å²) in [5.41, 5.74) is 3.66. The van der Waals surface area contributed by atoms with Crippen LogP contribution in [0.25, 0.3) is 10.9 Å². The second-order valence-corrected chi connectivity index (χ2v) is 6.94. The van der Waals surface area contributed by atoms with Gasteiger partial charge < -0.3 is 5.32 Å². The van der Waals surface area contributed by atoms with Crippen molar-refractivity contribution in [2.24, 2.45) is 4.99 Å². The van der Waals surface area contributed by atoms with E-state index in [0.29, 0.717) is 10.2 Å². The lowest BCUT2D eigenvalue weighted by Gasteiger charge is -2.12. The molecule has 6 heteroatoms. The van der Waals surface area contributed by atoms with Crippen molar-refractivity contribution >= 4 is 45.3 Å². The highest BCUT2D eigenvalue weighted by molar-refractivity contribution is 8.14. The van der Waals surface area contributed by atoms with Crippen LogP contribution < -0.4 is 5.32 Å². The number of amides is 1. The predicted molar refractivity (Wildman–Crippen MR) is 91.0 cm³/mol. The molecule has 1 aromatic heterocycles. The molecule has 0 saturated heterocycles. The van der Waals surface area contributed by atoms with E-state index in [1.807, 2.05) is 18.2 Å². The molecule has 0 saturated carbocycles. The zero-order valence-corrected chi connectivity index (χ0v) is 13.4. The Bertz CT molecular complexity index is 819. The van der Waals surface area contributed by atoms with E-state index in [9.17, 15) is 4.79 Å². The number of hydrogen-bond acceptors (Lipinski definition) is 4. The molecule has 0 unspecified atom stereocenters. The molecule has 22 heavy (non-hydrogen) atoms. The quantitative estimate of drug-likeness (QED) is 0.873. The van der Waals surface area contributed by atoms with Crippen LogP contribution in [0.4, 0.5) is 0 Å². The highest BCUT2D eigenvalue weighted by atomic mass is 35.5. The van der Waals surface area contributed by atoms with Crippen molar-refractivity contribution in [2.45, 2.75) is 19.3 Å². The predicted octanol–water partition coefficient (Wildman–Crippen LogP) is 3.21. The van der Waals surface area contributed by atoms with Crippen LogP contribution in [0.5, 0.6) is 0 Å². The molecular weight excluding hydrogens is 318 g/mol. The zero-order chi connectivity index (χ0) is 15.1. The van der Waals surface area contributed by atoms with Crippen LogP contribution in [0.2, 0.25) is 5.02 Å². The second kappa shape index (κ2) is 5.56. The van der Waals surface area contributed by atoms with Crippen LogP contribution in [0, 0.1) is 0 Å². The van der Waals surface area contributed by atoms with Gasteiger partial charge in [-0.05, 0) is 43.0 Å². The Balaban J connectivity index is 1.86. The average Bonchev–Trinajstić information content (AvgIpc) is 3.15. The number of nitrogens with one attached hydrogen (secondary N) is 1. The molecule has 0 atom stereocenters. The van der Waals surface area contributed by atoms with Gasteiger partial charge in [-0.1, -0.05) is 23.4 Å². The Labute approximate surface area is 137 Å². The number of aryl methyl sites for hydroxylation is 1. The van der Waals surface area contributed by atoms with Gasteiger partial charge in [-0.25, -0.2) is 0 Å². The maximum absolute atomic E-state index is 12.8. The van der Waals surface area contributed by atoms with E-state index in [1.165, 1.54) is 0 Å². The van der Waals surface area contributed by atoms with E-state index in [4.69, 9.17) is 16.6 Å². The molecule has 1 N–H and O–H groups in total. The minimum absolute atomic E-state index is 0.0963. The molecule has 0 fully saturated rings. The fourth-order valence-corrected chi connectivity index (χ4v) is 3.96. The third-order valence-electron chi connectivity index (χ3n) is 4.01. The van der Waals surface area contributed by atoms with E-state index >= 15 is 0 Å². The molecule has 0 bridgehead atoms. The normalized spacial score (nSPS) is 16.7. The lowest BCUT2D eigenvalue weighted by Crippen LogP contribution is -2.28. The largest absolute Gasteiger partial charge is 0.301 e. The Hall–Kier alpha value is -1.59. The van der Waals surface area contributed by atoms with Gasteiger partial charge in [0.15, 0.2) is 5.17 Å². The summed E-state index contributed by atoms with van der Waals surface area (Å²) >= 11 is 7.71. The first-order valence-electron chi connectivity index (χ1n) is 7.32. The monoisotopic (exact) mass is 331 g/mol. The van der Waals surface area contributed by atoms with Gasteiger partial charge >= 0.3 is 0 Å². The number of fused-ring (bicyclic) bond motifs is 2. The number of amidine groups is 1. The number of pyridine rings is 1. The number of thioether (sulfide) groups is 1. The first-order chi connectivity index (χ1) is 10.7. The number of rotatable bonds is 1. The molecular formula is C16H14ClN3OS. The zero-order valence-electron chi connectivity index (χ0n) is 11.9. The summed E-state index contributed by atoms with van der Waals surface area (Å²) < 4.78 is 0. The van der Waals surface area contributed by atoms with Crippen molar-refractivity contribution in [3.05, 3.63) is 40.0 Å². The fraction of sp³-hybridized carbons (Fsp3) is 0.312. The van der Waals surface area contributed by atoms with Gasteiger partial charge in [0.1, 0.15) is 0 Å². The molecule has 1 aliphatic heterocycles. The number of carbonyl (C=O) groups is 1. The lowest BCUT2D eigenvalue weighted by molar-refractivity contribution is 0.0978. The fourth-order valence-electron chi connectivity index (χ4n) is 3.06. The molecule has 112 valence electrons. The molecule has 1 aromatic carbocycles. The van der Waals surface area contributed by atoms with E-state index in [2.05, 4.69) is 10.3 Å². The van der Waals surface area contributed by atoms with Crippen LogP contribution in [-0.2, 0) is 12.8 Å². The Morgan fingerprint density at radius 1 is 1.32 bits per heavy atom. The third-order valence-corrected chi connectivity index (χ3v) is 5.13. The molecule has 1 amide bonds. The highest BCUT2D eigenvalue weighted by Gasteiger charge is 2.25. The number of aliphatic imine (C=N–C) groups is 1. The first-order valence-corrected chi connectivity index (χ1v) is 8.68. The van der Waals surface area contributed by atoms with Gasteiger partial charge in [0.05, 0.1) is 17.6 Å². The van der Waals surface area contributed by atoms with Crippen molar-refractivity contribution in [3.8, 4) is 0 Å². The van der Waals surface area contributed by atoms with Crippen molar-refractivity contribution in [3.63, 3.8) is 0 Å². The third kappa shape index (κ3) is 2.38. The second-order valence-electron chi connectivity index (χ2n) is 5.42. The van der Waals surface area contributed by atoms with Crippen LogP contribution >= 0.6 is 23.4 Å². The first kappa shape index (κ1) is 14.0. The SMILES string of the molecule is O=C(NC1=NCCS1)c1c2c(nc3ccc(Cl)cc13)CCC2. The molecule has 1 aliphatic carbocycles. The van der Waals surface area contributed by atoms with Gasteiger partial charge in [0.2, 0.25) is 0 Å². The Morgan fingerprint density at radius 3 is 3.05 bits per heavy atom. The smallest absolute Gasteiger partial charge is 0.258 e. The Morgan fingerprint density at radius 2 is 2.23 bits per heavy atom. The van der Waals surface area contributed by atoms with Crippen molar-refractivity contribution < 1.29 is 4.79 Å². The van der Waals surface area contributed by atoms with Gasteiger partial charge in [0.25, 0.3) is 5.91 Å². The van der Waals surface area contributed by atoms with Crippen LogP contribution in [0.15, 0.2) is 23.2 Å². The summed E-state index contributed by atoms with van der Waals surface area (Å²) in [6, 6.07) is 5.53. The van der Waals surface area contributed by atoms with Crippen molar-refractivity contribution in [1.82, 2.24) is 10.3 Å².